The average molecular weight is 584 g/mol. The molecule has 0 aliphatic carbocycles. The van der Waals surface area contributed by atoms with Crippen molar-refractivity contribution in [1.82, 2.24) is 20.1 Å². The number of rotatable bonds is 8. The molecule has 11 heteroatoms. The molecule has 1 amide bonds. The van der Waals surface area contributed by atoms with E-state index in [-0.39, 0.29) is 16.5 Å². The lowest BCUT2D eigenvalue weighted by atomic mass is 10.0. The molecule has 0 radical (unpaired) electrons. The summed E-state index contributed by atoms with van der Waals surface area (Å²) in [5.41, 5.74) is 2.58. The molecule has 3 aromatic rings. The molecule has 2 aliphatic heterocycles. The first kappa shape index (κ1) is 28.3. The summed E-state index contributed by atoms with van der Waals surface area (Å²) in [7, 11) is 0. The molecule has 1 aromatic heterocycles. The lowest BCUT2D eigenvalue weighted by molar-refractivity contribution is -0.384. The van der Waals surface area contributed by atoms with Crippen LogP contribution < -0.4 is 10.2 Å². The molecular weight excluding hydrogens is 551 g/mol. The molecule has 9 nitrogen and oxygen atoms in total. The van der Waals surface area contributed by atoms with E-state index < -0.39 is 0 Å². The number of anilines is 1. The van der Waals surface area contributed by atoms with Gasteiger partial charge in [-0.15, -0.1) is 0 Å². The monoisotopic (exact) mass is 582 g/mol. The summed E-state index contributed by atoms with van der Waals surface area (Å²) >= 11 is 12.6. The molecule has 1 N–H and O–H groups in total. The topological polar surface area (TPSA) is 94.9 Å². The summed E-state index contributed by atoms with van der Waals surface area (Å²) in [5, 5.41) is 14.9. The number of non-ortho nitro benzene ring substituents is 1. The minimum absolute atomic E-state index is 0.129. The van der Waals surface area contributed by atoms with E-state index in [4.69, 9.17) is 23.2 Å². The Kier molecular flexibility index (Phi) is 9.16. The fourth-order valence-corrected chi connectivity index (χ4v) is 5.94. The first-order valence-electron chi connectivity index (χ1n) is 13.5. The largest absolute Gasteiger partial charge is 0.353 e. The molecular formula is C29H32Cl2N6O3. The maximum absolute atomic E-state index is 12.6. The third-order valence-corrected chi connectivity index (χ3v) is 8.18. The van der Waals surface area contributed by atoms with E-state index in [2.05, 4.69) is 25.0 Å². The second kappa shape index (κ2) is 13.0. The number of likely N-dealkylation sites (tertiary alicyclic amines) is 1. The number of hydrogen-bond acceptors (Lipinski definition) is 7. The number of nitrogens with zero attached hydrogens (tertiary/aromatic N) is 5. The quantitative estimate of drug-likeness (QED) is 0.294. The number of aromatic nitrogens is 1. The highest BCUT2D eigenvalue weighted by Crippen LogP contribution is 2.27. The van der Waals surface area contributed by atoms with Crippen molar-refractivity contribution in [3.63, 3.8) is 0 Å². The molecule has 40 heavy (non-hydrogen) atoms. The first-order valence-corrected chi connectivity index (χ1v) is 14.2. The average Bonchev–Trinajstić information content (AvgIpc) is 2.97. The highest BCUT2D eigenvalue weighted by atomic mass is 35.5. The normalized spacial score (nSPS) is 17.1. The Morgan fingerprint density at radius 2 is 1.70 bits per heavy atom. The van der Waals surface area contributed by atoms with E-state index in [1.165, 1.54) is 0 Å². The fourth-order valence-electron chi connectivity index (χ4n) is 5.44. The van der Waals surface area contributed by atoms with E-state index in [1.807, 2.05) is 30.3 Å². The number of piperazine rings is 1. The fraction of sp³-hybridized carbons (Fsp3) is 0.379. The van der Waals surface area contributed by atoms with Crippen LogP contribution in [0.5, 0.6) is 0 Å². The van der Waals surface area contributed by atoms with Gasteiger partial charge < -0.3 is 10.2 Å². The van der Waals surface area contributed by atoms with Crippen molar-refractivity contribution in [1.29, 1.82) is 0 Å². The van der Waals surface area contributed by atoms with Crippen LogP contribution in [0.15, 0.2) is 60.8 Å². The summed E-state index contributed by atoms with van der Waals surface area (Å²) in [6.07, 6.45) is 3.79. The zero-order valence-corrected chi connectivity index (χ0v) is 23.7. The predicted octanol–water partition coefficient (Wildman–Crippen LogP) is 5.01. The van der Waals surface area contributed by atoms with Crippen LogP contribution >= 0.6 is 23.2 Å². The number of amides is 1. The van der Waals surface area contributed by atoms with Gasteiger partial charge in [0.15, 0.2) is 0 Å². The van der Waals surface area contributed by atoms with Crippen LogP contribution in [0.2, 0.25) is 10.0 Å². The number of benzene rings is 2. The Labute approximate surface area is 243 Å². The molecule has 2 aromatic carbocycles. The lowest BCUT2D eigenvalue weighted by Crippen LogP contribution is -2.53. The smallest absolute Gasteiger partial charge is 0.269 e. The molecule has 2 aliphatic rings. The molecule has 5 rings (SSSR count). The summed E-state index contributed by atoms with van der Waals surface area (Å²) in [5.74, 6) is 0.483. The van der Waals surface area contributed by atoms with Gasteiger partial charge in [0.05, 0.1) is 15.5 Å². The van der Waals surface area contributed by atoms with Gasteiger partial charge in [0.25, 0.3) is 11.6 Å². The van der Waals surface area contributed by atoms with Crippen molar-refractivity contribution in [3.05, 3.63) is 97.6 Å². The second-order valence-corrected chi connectivity index (χ2v) is 11.1. The molecule has 0 unspecified atom stereocenters. The first-order chi connectivity index (χ1) is 19.4. The SMILES string of the molecule is O=C(NCc1cccc(Cl)c1)c1cnc(N2CCN(C3CCN(Cc4ccc([N+](=O)[O-])cc4)CC3)CC2)c(Cl)c1. The third kappa shape index (κ3) is 7.09. The lowest BCUT2D eigenvalue weighted by Gasteiger charge is -2.43. The second-order valence-electron chi connectivity index (χ2n) is 10.3. The number of carbonyl (C=O) groups excluding carboxylic acids is 1. The number of carbonyl (C=O) groups is 1. The van der Waals surface area contributed by atoms with Crippen LogP contribution in [-0.4, -0.2) is 70.9 Å². The Hall–Kier alpha value is -3.24. The minimum Gasteiger partial charge on any atom is -0.353 e. The van der Waals surface area contributed by atoms with Gasteiger partial charge in [0.1, 0.15) is 5.82 Å². The van der Waals surface area contributed by atoms with E-state index in [9.17, 15) is 14.9 Å². The number of piperidine rings is 1. The minimum atomic E-state index is -0.363. The van der Waals surface area contributed by atoms with Crippen molar-refractivity contribution in [2.45, 2.75) is 32.0 Å². The highest BCUT2D eigenvalue weighted by molar-refractivity contribution is 6.33. The standard InChI is InChI=1S/C29H32Cl2N6O3/c30-24-3-1-2-22(16-24)18-33-29(38)23-17-27(31)28(32-19-23)36-14-12-35(13-15-36)25-8-10-34(11-9-25)20-21-4-6-26(7-5-21)37(39)40/h1-7,16-17,19,25H,8-15,18,20H2,(H,33,38). The molecule has 2 fully saturated rings. The number of halogens is 2. The summed E-state index contributed by atoms with van der Waals surface area (Å²) in [4.78, 5) is 34.9. The molecule has 0 atom stereocenters. The summed E-state index contributed by atoms with van der Waals surface area (Å²) < 4.78 is 0. The number of pyridine rings is 1. The number of nitrogens with one attached hydrogen (secondary N) is 1. The third-order valence-electron chi connectivity index (χ3n) is 7.67. The van der Waals surface area contributed by atoms with Crippen LogP contribution in [0.3, 0.4) is 0 Å². The van der Waals surface area contributed by atoms with Gasteiger partial charge in [-0.05, 0) is 55.3 Å². The Balaban J connectivity index is 1.07. The molecule has 3 heterocycles. The highest BCUT2D eigenvalue weighted by Gasteiger charge is 2.28. The maximum atomic E-state index is 12.6. The molecule has 2 saturated heterocycles. The zero-order chi connectivity index (χ0) is 28.1. The van der Waals surface area contributed by atoms with Gasteiger partial charge in [0, 0.05) is 68.7 Å². The van der Waals surface area contributed by atoms with Crippen LogP contribution in [-0.2, 0) is 13.1 Å². The van der Waals surface area contributed by atoms with Gasteiger partial charge >= 0.3 is 0 Å². The van der Waals surface area contributed by atoms with Gasteiger partial charge in [-0.25, -0.2) is 4.98 Å². The van der Waals surface area contributed by atoms with Crippen molar-refractivity contribution >= 4 is 40.6 Å². The van der Waals surface area contributed by atoms with Crippen LogP contribution in [0.4, 0.5) is 11.5 Å². The van der Waals surface area contributed by atoms with Gasteiger partial charge in [-0.2, -0.15) is 0 Å². The van der Waals surface area contributed by atoms with Gasteiger partial charge in [-0.3, -0.25) is 24.7 Å². The summed E-state index contributed by atoms with van der Waals surface area (Å²) in [6.45, 7) is 6.74. The maximum Gasteiger partial charge on any atom is 0.269 e. The number of hydrogen-bond donors (Lipinski definition) is 1. The number of nitro groups is 1. The molecule has 0 saturated carbocycles. The van der Waals surface area contributed by atoms with Crippen molar-refractivity contribution in [2.75, 3.05) is 44.2 Å². The van der Waals surface area contributed by atoms with Crippen LogP contribution in [0, 0.1) is 10.1 Å². The van der Waals surface area contributed by atoms with Gasteiger partial charge in [0.2, 0.25) is 0 Å². The van der Waals surface area contributed by atoms with E-state index >= 15 is 0 Å². The summed E-state index contributed by atoms with van der Waals surface area (Å²) in [6, 6.07) is 16.5. The number of nitro benzene ring substituents is 1. The Morgan fingerprint density at radius 1 is 0.975 bits per heavy atom. The molecule has 0 bridgehead atoms. The molecule has 0 spiro atoms. The Bertz CT molecular complexity index is 1340. The molecule has 210 valence electrons. The van der Waals surface area contributed by atoms with Crippen LogP contribution in [0.25, 0.3) is 0 Å². The van der Waals surface area contributed by atoms with Crippen molar-refractivity contribution in [3.8, 4) is 0 Å². The van der Waals surface area contributed by atoms with Crippen molar-refractivity contribution in [2.24, 2.45) is 0 Å². The van der Waals surface area contributed by atoms with Crippen LogP contribution in [0.1, 0.15) is 34.3 Å². The van der Waals surface area contributed by atoms with Gasteiger partial charge in [-0.1, -0.05) is 47.5 Å². The van der Waals surface area contributed by atoms with E-state index in [0.29, 0.717) is 34.0 Å². The Morgan fingerprint density at radius 3 is 2.35 bits per heavy atom. The van der Waals surface area contributed by atoms with E-state index in [0.717, 1.165) is 69.8 Å². The zero-order valence-electron chi connectivity index (χ0n) is 22.1. The predicted molar refractivity (Wildman–Crippen MR) is 157 cm³/mol. The van der Waals surface area contributed by atoms with Crippen molar-refractivity contribution < 1.29 is 9.72 Å². The van der Waals surface area contributed by atoms with E-state index in [1.54, 1.807) is 30.5 Å².